The fourth-order valence-corrected chi connectivity index (χ4v) is 1.70. The van der Waals surface area contributed by atoms with Crippen LogP contribution < -0.4 is 5.32 Å². The lowest BCUT2D eigenvalue weighted by molar-refractivity contribution is 0.489. The maximum atomic E-state index is 5.32. The highest BCUT2D eigenvalue weighted by atomic mass is 16.3. The van der Waals surface area contributed by atoms with E-state index < -0.39 is 0 Å². The second-order valence-electron chi connectivity index (χ2n) is 3.82. The Balaban J connectivity index is 1.85. The van der Waals surface area contributed by atoms with Crippen LogP contribution in [0.25, 0.3) is 5.65 Å². The average molecular weight is 228 g/mol. The van der Waals surface area contributed by atoms with Crippen molar-refractivity contribution in [1.29, 1.82) is 0 Å². The zero-order valence-corrected chi connectivity index (χ0v) is 9.37. The van der Waals surface area contributed by atoms with E-state index in [0.717, 1.165) is 11.4 Å². The number of nitrogens with one attached hydrogen (secondary N) is 1. The lowest BCUT2D eigenvalue weighted by Gasteiger charge is -2.08. The Labute approximate surface area is 98.1 Å². The van der Waals surface area contributed by atoms with E-state index >= 15 is 0 Å². The fourth-order valence-electron chi connectivity index (χ4n) is 1.70. The van der Waals surface area contributed by atoms with Crippen LogP contribution in [0.15, 0.2) is 47.2 Å². The van der Waals surface area contributed by atoms with Gasteiger partial charge in [-0.3, -0.25) is 0 Å². The third-order valence-electron chi connectivity index (χ3n) is 2.56. The summed E-state index contributed by atoms with van der Waals surface area (Å²) in [5.41, 5.74) is 0.821. The number of hydrogen-bond acceptors (Lipinski definition) is 4. The van der Waals surface area contributed by atoms with Gasteiger partial charge in [-0.15, -0.1) is 5.10 Å². The summed E-state index contributed by atoms with van der Waals surface area (Å²) in [5, 5.41) is 7.51. The highest BCUT2D eigenvalue weighted by Crippen LogP contribution is 2.17. The fraction of sp³-hybridized carbons (Fsp3) is 0.167. The van der Waals surface area contributed by atoms with E-state index in [9.17, 15) is 0 Å². The molecule has 0 amide bonds. The molecule has 0 aliphatic heterocycles. The molecule has 0 radical (unpaired) electrons. The third-order valence-corrected chi connectivity index (χ3v) is 2.56. The van der Waals surface area contributed by atoms with Gasteiger partial charge in [-0.05, 0) is 31.2 Å². The zero-order valence-electron chi connectivity index (χ0n) is 9.37. The summed E-state index contributed by atoms with van der Waals surface area (Å²) in [4.78, 5) is 4.36. The molecule has 0 aliphatic carbocycles. The molecule has 0 bridgehead atoms. The molecule has 5 nitrogen and oxygen atoms in total. The highest BCUT2D eigenvalue weighted by molar-refractivity contribution is 5.43. The second-order valence-corrected chi connectivity index (χ2v) is 3.82. The van der Waals surface area contributed by atoms with Crippen LogP contribution in [0.3, 0.4) is 0 Å². The molecule has 86 valence electrons. The molecule has 0 spiro atoms. The molecule has 17 heavy (non-hydrogen) atoms. The Morgan fingerprint density at radius 2 is 2.24 bits per heavy atom. The van der Waals surface area contributed by atoms with Crippen molar-refractivity contribution < 1.29 is 4.42 Å². The van der Waals surface area contributed by atoms with Crippen molar-refractivity contribution in [3.05, 3.63) is 48.6 Å². The van der Waals surface area contributed by atoms with E-state index in [1.165, 1.54) is 0 Å². The van der Waals surface area contributed by atoms with Crippen LogP contribution in [0.2, 0.25) is 0 Å². The molecule has 3 rings (SSSR count). The molecule has 0 aliphatic rings. The summed E-state index contributed by atoms with van der Waals surface area (Å²) < 4.78 is 7.05. The number of hydrogen-bond donors (Lipinski definition) is 1. The van der Waals surface area contributed by atoms with E-state index in [0.29, 0.717) is 5.95 Å². The minimum Gasteiger partial charge on any atom is -0.467 e. The smallest absolute Gasteiger partial charge is 0.243 e. The van der Waals surface area contributed by atoms with Crippen molar-refractivity contribution in [2.75, 3.05) is 5.32 Å². The third kappa shape index (κ3) is 1.87. The van der Waals surface area contributed by atoms with Crippen LogP contribution in [0.4, 0.5) is 5.95 Å². The van der Waals surface area contributed by atoms with Crippen molar-refractivity contribution in [3.63, 3.8) is 0 Å². The predicted molar refractivity (Wildman–Crippen MR) is 63.7 cm³/mol. The topological polar surface area (TPSA) is 55.4 Å². The van der Waals surface area contributed by atoms with Crippen LogP contribution in [-0.4, -0.2) is 14.6 Å². The zero-order chi connectivity index (χ0) is 11.7. The summed E-state index contributed by atoms with van der Waals surface area (Å²) in [6.45, 7) is 2.00. The standard InChI is InChI=1S/C12H12N4O/c1-9(10-5-4-8-17-10)13-12-14-11-6-2-3-7-16(11)15-12/h2-9H,1H3,(H,13,15). The van der Waals surface area contributed by atoms with Gasteiger partial charge in [0.15, 0.2) is 5.65 Å². The molecule has 3 aromatic rings. The molecule has 1 atom stereocenters. The monoisotopic (exact) mass is 228 g/mol. The van der Waals surface area contributed by atoms with Crippen LogP contribution in [0.5, 0.6) is 0 Å². The minimum atomic E-state index is 0.0439. The van der Waals surface area contributed by atoms with Crippen LogP contribution >= 0.6 is 0 Å². The number of aromatic nitrogens is 3. The second kappa shape index (κ2) is 3.93. The van der Waals surface area contributed by atoms with E-state index in [4.69, 9.17) is 4.42 Å². The maximum absolute atomic E-state index is 5.32. The lowest BCUT2D eigenvalue weighted by atomic mass is 10.2. The number of pyridine rings is 1. The quantitative estimate of drug-likeness (QED) is 0.748. The van der Waals surface area contributed by atoms with Crippen molar-refractivity contribution in [2.45, 2.75) is 13.0 Å². The summed E-state index contributed by atoms with van der Waals surface area (Å²) in [6, 6.07) is 9.60. The van der Waals surface area contributed by atoms with Gasteiger partial charge in [0.25, 0.3) is 0 Å². The van der Waals surface area contributed by atoms with E-state index in [1.54, 1.807) is 10.8 Å². The molecule has 1 unspecified atom stereocenters. The number of nitrogens with zero attached hydrogens (tertiary/aromatic N) is 3. The molecule has 0 saturated heterocycles. The van der Waals surface area contributed by atoms with Gasteiger partial charge in [-0.1, -0.05) is 6.07 Å². The average Bonchev–Trinajstić information content (AvgIpc) is 2.97. The predicted octanol–water partition coefficient (Wildman–Crippen LogP) is 2.50. The summed E-state index contributed by atoms with van der Waals surface area (Å²) in [6.07, 6.45) is 3.52. The molecule has 5 heteroatoms. The largest absolute Gasteiger partial charge is 0.467 e. The Hall–Kier alpha value is -2.30. The van der Waals surface area contributed by atoms with Crippen LogP contribution in [0.1, 0.15) is 18.7 Å². The normalized spacial score (nSPS) is 12.8. The molecular formula is C12H12N4O. The summed E-state index contributed by atoms with van der Waals surface area (Å²) >= 11 is 0. The first-order valence-corrected chi connectivity index (χ1v) is 5.44. The highest BCUT2D eigenvalue weighted by Gasteiger charge is 2.10. The summed E-state index contributed by atoms with van der Waals surface area (Å²) in [7, 11) is 0. The molecule has 0 aromatic carbocycles. The van der Waals surface area contributed by atoms with Crippen LogP contribution in [-0.2, 0) is 0 Å². The van der Waals surface area contributed by atoms with Crippen molar-refractivity contribution >= 4 is 11.6 Å². The number of anilines is 1. The Morgan fingerprint density at radius 3 is 3.00 bits per heavy atom. The number of furan rings is 1. The van der Waals surface area contributed by atoms with Crippen molar-refractivity contribution in [3.8, 4) is 0 Å². The van der Waals surface area contributed by atoms with Gasteiger partial charge in [0.05, 0.1) is 12.3 Å². The molecule has 0 fully saturated rings. The first-order valence-electron chi connectivity index (χ1n) is 5.44. The SMILES string of the molecule is CC(Nc1nc2ccccn2n1)c1ccco1. The van der Waals surface area contributed by atoms with Gasteiger partial charge in [-0.2, -0.15) is 4.98 Å². The van der Waals surface area contributed by atoms with Gasteiger partial charge in [0, 0.05) is 6.20 Å². The van der Waals surface area contributed by atoms with E-state index in [2.05, 4.69) is 15.4 Å². The molecular weight excluding hydrogens is 216 g/mol. The van der Waals surface area contributed by atoms with Gasteiger partial charge < -0.3 is 9.73 Å². The molecule has 1 N–H and O–H groups in total. The van der Waals surface area contributed by atoms with Crippen molar-refractivity contribution in [1.82, 2.24) is 14.6 Å². The molecule has 3 aromatic heterocycles. The van der Waals surface area contributed by atoms with Crippen molar-refractivity contribution in [2.24, 2.45) is 0 Å². The number of rotatable bonds is 3. The van der Waals surface area contributed by atoms with E-state index in [-0.39, 0.29) is 6.04 Å². The van der Waals surface area contributed by atoms with Gasteiger partial charge in [0.2, 0.25) is 5.95 Å². The molecule has 0 saturated carbocycles. The first kappa shape index (κ1) is 9.89. The van der Waals surface area contributed by atoms with Gasteiger partial charge >= 0.3 is 0 Å². The first-order chi connectivity index (χ1) is 8.33. The molecule has 3 heterocycles. The van der Waals surface area contributed by atoms with Crippen LogP contribution in [0, 0.1) is 0 Å². The van der Waals surface area contributed by atoms with Gasteiger partial charge in [0.1, 0.15) is 5.76 Å². The Bertz CT molecular complexity index is 581. The Morgan fingerprint density at radius 1 is 1.29 bits per heavy atom. The minimum absolute atomic E-state index is 0.0439. The summed E-state index contributed by atoms with van der Waals surface area (Å²) in [5.74, 6) is 1.46. The number of fused-ring (bicyclic) bond motifs is 1. The van der Waals surface area contributed by atoms with E-state index in [1.807, 2.05) is 43.5 Å². The Kier molecular flexibility index (Phi) is 2.29. The van der Waals surface area contributed by atoms with Gasteiger partial charge in [-0.25, -0.2) is 4.52 Å². The lowest BCUT2D eigenvalue weighted by Crippen LogP contribution is -2.06. The maximum Gasteiger partial charge on any atom is 0.243 e.